The quantitative estimate of drug-likeness (QED) is 0.665. The van der Waals surface area contributed by atoms with Crippen molar-refractivity contribution in [3.63, 3.8) is 0 Å². The molecule has 2 N–H and O–H groups in total. The van der Waals surface area contributed by atoms with Gasteiger partial charge in [-0.25, -0.2) is 0 Å². The van der Waals surface area contributed by atoms with E-state index in [1.165, 1.54) is 0 Å². The van der Waals surface area contributed by atoms with E-state index in [4.69, 9.17) is 23.8 Å². The maximum Gasteiger partial charge on any atom is 0.241 e. The Bertz CT molecular complexity index is 716. The summed E-state index contributed by atoms with van der Waals surface area (Å²) in [6, 6.07) is 7.73. The summed E-state index contributed by atoms with van der Waals surface area (Å²) in [6.45, 7) is 9.64. The lowest BCUT2D eigenvalue weighted by Gasteiger charge is -2.45. The van der Waals surface area contributed by atoms with Crippen molar-refractivity contribution >= 4 is 34.8 Å². The molecule has 1 spiro atoms. The molecule has 0 radical (unpaired) electrons. The Hall–Kier alpha value is -1.37. The summed E-state index contributed by atoms with van der Waals surface area (Å²) in [4.78, 5) is 17.4. The largest absolute Gasteiger partial charge is 0.358 e. The van der Waals surface area contributed by atoms with Crippen LogP contribution in [0.2, 0.25) is 5.02 Å². The Morgan fingerprint density at radius 3 is 2.55 bits per heavy atom. The van der Waals surface area contributed by atoms with Gasteiger partial charge in [-0.05, 0) is 42.3 Å². The fourth-order valence-electron chi connectivity index (χ4n) is 4.29. The van der Waals surface area contributed by atoms with Gasteiger partial charge in [0.05, 0.1) is 11.7 Å². The Kier molecular flexibility index (Phi) is 7.41. The van der Waals surface area contributed by atoms with Gasteiger partial charge in [-0.2, -0.15) is 0 Å². The van der Waals surface area contributed by atoms with Crippen molar-refractivity contribution < 1.29 is 4.79 Å². The third kappa shape index (κ3) is 5.04. The first-order valence-corrected chi connectivity index (χ1v) is 11.5. The number of likely N-dealkylation sites (tertiary alicyclic amines) is 1. The lowest BCUT2D eigenvalue weighted by Crippen LogP contribution is -2.60. The number of piperidine rings is 1. The standard InChI is InChI=1S/C22H33ClN4OS/c1-4-5-12-27-20(28)19(16(2)3)25-22(27)10-13-26(14-11-22)21(29)24-15-17-6-8-18(23)9-7-17/h6-9,16,19,25H,4-5,10-15H2,1-3H3,(H,24,29). The van der Waals surface area contributed by atoms with E-state index in [-0.39, 0.29) is 17.6 Å². The maximum atomic E-state index is 13.0. The van der Waals surface area contributed by atoms with Crippen LogP contribution in [-0.4, -0.2) is 52.2 Å². The average Bonchev–Trinajstić information content (AvgIpc) is 2.98. The maximum absolute atomic E-state index is 13.0. The minimum Gasteiger partial charge on any atom is -0.358 e. The summed E-state index contributed by atoms with van der Waals surface area (Å²) in [5, 5.41) is 8.59. The van der Waals surface area contributed by atoms with Gasteiger partial charge in [0.25, 0.3) is 0 Å². The molecule has 2 aliphatic rings. The van der Waals surface area contributed by atoms with Crippen LogP contribution in [0.15, 0.2) is 24.3 Å². The SMILES string of the molecule is CCCCN1C(=O)C(C(C)C)NC12CCN(C(=S)NCc1ccc(Cl)cc1)CC2. The Balaban J connectivity index is 1.59. The molecule has 1 unspecified atom stereocenters. The van der Waals surface area contributed by atoms with Gasteiger partial charge < -0.3 is 15.1 Å². The normalized spacial score (nSPS) is 21.3. The summed E-state index contributed by atoms with van der Waals surface area (Å²) in [5.74, 6) is 0.566. The van der Waals surface area contributed by atoms with E-state index < -0.39 is 0 Å². The predicted octanol–water partition coefficient (Wildman–Crippen LogP) is 3.76. The van der Waals surface area contributed by atoms with Gasteiger partial charge in [0, 0.05) is 44.0 Å². The molecule has 1 atom stereocenters. The van der Waals surface area contributed by atoms with Gasteiger partial charge in [-0.15, -0.1) is 0 Å². The number of thiocarbonyl (C=S) groups is 1. The van der Waals surface area contributed by atoms with Crippen molar-refractivity contribution in [3.8, 4) is 0 Å². The van der Waals surface area contributed by atoms with E-state index in [1.54, 1.807) is 0 Å². The van der Waals surface area contributed by atoms with Gasteiger partial charge in [-0.3, -0.25) is 10.1 Å². The van der Waals surface area contributed by atoms with E-state index in [0.29, 0.717) is 12.5 Å². The van der Waals surface area contributed by atoms with Crippen LogP contribution in [0, 0.1) is 5.92 Å². The number of carbonyl (C=O) groups is 1. The zero-order valence-electron chi connectivity index (χ0n) is 17.7. The van der Waals surface area contributed by atoms with Crippen LogP contribution in [0.3, 0.4) is 0 Å². The molecular formula is C22H33ClN4OS. The van der Waals surface area contributed by atoms with Gasteiger partial charge in [0.15, 0.2) is 5.11 Å². The van der Waals surface area contributed by atoms with Gasteiger partial charge in [-0.1, -0.05) is 50.9 Å². The van der Waals surface area contributed by atoms with E-state index in [0.717, 1.165) is 61.0 Å². The van der Waals surface area contributed by atoms with Gasteiger partial charge in [0.1, 0.15) is 0 Å². The summed E-state index contributed by atoms with van der Waals surface area (Å²) in [6.07, 6.45) is 3.94. The number of halogens is 1. The third-order valence-electron chi connectivity index (χ3n) is 6.11. The van der Waals surface area contributed by atoms with Crippen LogP contribution >= 0.6 is 23.8 Å². The fourth-order valence-corrected chi connectivity index (χ4v) is 4.67. The second-order valence-corrected chi connectivity index (χ2v) is 9.34. The van der Waals surface area contributed by atoms with E-state index in [2.05, 4.69) is 41.2 Å². The highest BCUT2D eigenvalue weighted by Crippen LogP contribution is 2.34. The molecule has 3 rings (SSSR count). The second kappa shape index (κ2) is 9.63. The highest BCUT2D eigenvalue weighted by molar-refractivity contribution is 7.80. The molecule has 2 heterocycles. The van der Waals surface area contributed by atoms with E-state index in [1.807, 2.05) is 24.3 Å². The molecule has 2 aliphatic heterocycles. The number of rotatable bonds is 6. The Morgan fingerprint density at radius 1 is 1.31 bits per heavy atom. The molecule has 0 bridgehead atoms. The van der Waals surface area contributed by atoms with Gasteiger partial charge in [0.2, 0.25) is 5.91 Å². The Labute approximate surface area is 185 Å². The zero-order chi connectivity index (χ0) is 21.0. The topological polar surface area (TPSA) is 47.6 Å². The van der Waals surface area contributed by atoms with Crippen LogP contribution in [0.5, 0.6) is 0 Å². The summed E-state index contributed by atoms with van der Waals surface area (Å²) >= 11 is 11.6. The van der Waals surface area contributed by atoms with Crippen molar-refractivity contribution in [2.24, 2.45) is 5.92 Å². The fraction of sp³-hybridized carbons (Fsp3) is 0.636. The molecule has 0 aliphatic carbocycles. The first-order chi connectivity index (χ1) is 13.9. The summed E-state index contributed by atoms with van der Waals surface area (Å²) < 4.78 is 0. The molecular weight excluding hydrogens is 404 g/mol. The van der Waals surface area contributed by atoms with Crippen molar-refractivity contribution in [1.29, 1.82) is 0 Å². The third-order valence-corrected chi connectivity index (χ3v) is 6.76. The van der Waals surface area contributed by atoms with E-state index >= 15 is 0 Å². The number of nitrogens with zero attached hydrogens (tertiary/aromatic N) is 2. The van der Waals surface area contributed by atoms with Crippen molar-refractivity contribution in [3.05, 3.63) is 34.9 Å². The first kappa shape index (κ1) is 22.3. The average molecular weight is 437 g/mol. The summed E-state index contributed by atoms with van der Waals surface area (Å²) in [5.41, 5.74) is 0.933. The first-order valence-electron chi connectivity index (χ1n) is 10.7. The van der Waals surface area contributed by atoms with Crippen LogP contribution in [0.25, 0.3) is 0 Å². The molecule has 1 aromatic carbocycles. The highest BCUT2D eigenvalue weighted by Gasteiger charge is 2.51. The smallest absolute Gasteiger partial charge is 0.241 e. The van der Waals surface area contributed by atoms with Crippen LogP contribution < -0.4 is 10.6 Å². The molecule has 1 aromatic rings. The van der Waals surface area contributed by atoms with E-state index in [9.17, 15) is 4.79 Å². The van der Waals surface area contributed by atoms with Crippen molar-refractivity contribution in [2.75, 3.05) is 19.6 Å². The molecule has 7 heteroatoms. The van der Waals surface area contributed by atoms with Crippen LogP contribution in [0.4, 0.5) is 0 Å². The number of hydrogen-bond acceptors (Lipinski definition) is 3. The number of amides is 1. The monoisotopic (exact) mass is 436 g/mol. The number of nitrogens with one attached hydrogen (secondary N) is 2. The van der Waals surface area contributed by atoms with Crippen LogP contribution in [-0.2, 0) is 11.3 Å². The second-order valence-electron chi connectivity index (χ2n) is 8.51. The molecule has 2 saturated heterocycles. The molecule has 29 heavy (non-hydrogen) atoms. The Morgan fingerprint density at radius 2 is 1.97 bits per heavy atom. The van der Waals surface area contributed by atoms with Crippen LogP contribution in [0.1, 0.15) is 52.0 Å². The van der Waals surface area contributed by atoms with Gasteiger partial charge >= 0.3 is 0 Å². The summed E-state index contributed by atoms with van der Waals surface area (Å²) in [7, 11) is 0. The minimum atomic E-state index is -0.219. The number of unbranched alkanes of at least 4 members (excludes halogenated alkanes) is 1. The molecule has 1 amide bonds. The lowest BCUT2D eigenvalue weighted by atomic mass is 9.95. The van der Waals surface area contributed by atoms with Crippen molar-refractivity contribution in [1.82, 2.24) is 20.4 Å². The number of carbonyl (C=O) groups excluding carboxylic acids is 1. The zero-order valence-corrected chi connectivity index (χ0v) is 19.3. The predicted molar refractivity (Wildman–Crippen MR) is 123 cm³/mol. The molecule has 2 fully saturated rings. The number of benzene rings is 1. The molecule has 0 aromatic heterocycles. The minimum absolute atomic E-state index is 0.0756. The molecule has 160 valence electrons. The lowest BCUT2D eigenvalue weighted by molar-refractivity contribution is -0.133. The number of hydrogen-bond donors (Lipinski definition) is 2. The molecule has 0 saturated carbocycles. The molecule has 5 nitrogen and oxygen atoms in total. The van der Waals surface area contributed by atoms with Crippen molar-refractivity contribution in [2.45, 2.75) is 64.7 Å². The highest BCUT2D eigenvalue weighted by atomic mass is 35.5.